The average Bonchev–Trinajstić information content (AvgIpc) is 2.53. The summed E-state index contributed by atoms with van der Waals surface area (Å²) < 4.78 is 0. The van der Waals surface area contributed by atoms with Crippen LogP contribution < -0.4 is 22.5 Å². The third-order valence-corrected chi connectivity index (χ3v) is 3.08. The van der Waals surface area contributed by atoms with Gasteiger partial charge in [0.2, 0.25) is 0 Å². The average molecular weight is 341 g/mol. The first-order valence-electron chi connectivity index (χ1n) is 7.30. The fourth-order valence-electron chi connectivity index (χ4n) is 2.07. The molecule has 0 saturated heterocycles. The van der Waals surface area contributed by atoms with Gasteiger partial charge in [0.15, 0.2) is 5.84 Å². The van der Waals surface area contributed by atoms with Crippen molar-refractivity contribution in [2.24, 2.45) is 32.2 Å². The Morgan fingerprint density at radius 1 is 1.32 bits per heavy atom. The minimum absolute atomic E-state index is 0.0298. The van der Waals surface area contributed by atoms with Crippen molar-refractivity contribution in [2.45, 2.75) is 6.42 Å². The van der Waals surface area contributed by atoms with Crippen molar-refractivity contribution in [2.75, 3.05) is 11.9 Å². The molecule has 1 heterocycles. The number of nitrogens with two attached hydrogens (primary N) is 3. The SMILES string of the molecule is C=C(N)/N=C1/N=CC(CNc2cccc(CC(=O)O)c2)=NC1=C(N)N. The molecule has 0 spiro atoms. The van der Waals surface area contributed by atoms with E-state index < -0.39 is 5.97 Å². The molecule has 1 aromatic carbocycles. The molecule has 1 aliphatic rings. The van der Waals surface area contributed by atoms with Crippen LogP contribution >= 0.6 is 0 Å². The number of benzene rings is 1. The number of carboxylic acids is 1. The number of amidine groups is 1. The van der Waals surface area contributed by atoms with E-state index >= 15 is 0 Å². The summed E-state index contributed by atoms with van der Waals surface area (Å²) in [7, 11) is 0. The van der Waals surface area contributed by atoms with Gasteiger partial charge in [-0.2, -0.15) is 0 Å². The Morgan fingerprint density at radius 2 is 2.08 bits per heavy atom. The molecule has 1 aromatic rings. The van der Waals surface area contributed by atoms with Crippen molar-refractivity contribution in [1.29, 1.82) is 0 Å². The zero-order valence-corrected chi connectivity index (χ0v) is 13.4. The van der Waals surface area contributed by atoms with E-state index in [4.69, 9.17) is 22.3 Å². The highest BCUT2D eigenvalue weighted by molar-refractivity contribution is 6.37. The molecular formula is C16H19N7O2. The van der Waals surface area contributed by atoms with Gasteiger partial charge in [-0.1, -0.05) is 18.7 Å². The lowest BCUT2D eigenvalue weighted by atomic mass is 10.1. The number of carboxylic acid groups (broad SMARTS) is 1. The molecule has 0 unspecified atom stereocenters. The van der Waals surface area contributed by atoms with Crippen molar-refractivity contribution in [3.8, 4) is 0 Å². The van der Waals surface area contributed by atoms with E-state index in [0.717, 1.165) is 5.69 Å². The molecule has 0 amide bonds. The van der Waals surface area contributed by atoms with Gasteiger partial charge in [-0.3, -0.25) is 4.79 Å². The largest absolute Gasteiger partial charge is 0.481 e. The summed E-state index contributed by atoms with van der Waals surface area (Å²) >= 11 is 0. The predicted molar refractivity (Wildman–Crippen MR) is 98.4 cm³/mol. The van der Waals surface area contributed by atoms with Crippen LogP contribution in [0.5, 0.6) is 0 Å². The van der Waals surface area contributed by atoms with Crippen molar-refractivity contribution in [3.05, 3.63) is 53.7 Å². The van der Waals surface area contributed by atoms with Gasteiger partial charge < -0.3 is 27.6 Å². The molecule has 25 heavy (non-hydrogen) atoms. The number of hydrogen-bond acceptors (Lipinski definition) is 7. The molecule has 0 bridgehead atoms. The van der Waals surface area contributed by atoms with Crippen molar-refractivity contribution in [3.63, 3.8) is 0 Å². The molecule has 9 heteroatoms. The van der Waals surface area contributed by atoms with Crippen LogP contribution in [0.4, 0.5) is 5.69 Å². The maximum atomic E-state index is 10.8. The fourth-order valence-corrected chi connectivity index (χ4v) is 2.07. The van der Waals surface area contributed by atoms with Crippen molar-refractivity contribution >= 4 is 29.4 Å². The van der Waals surface area contributed by atoms with Gasteiger partial charge in [0.1, 0.15) is 17.3 Å². The number of aliphatic imine (C=N–C) groups is 3. The zero-order valence-electron chi connectivity index (χ0n) is 13.4. The van der Waals surface area contributed by atoms with Gasteiger partial charge in [0, 0.05) is 5.69 Å². The lowest BCUT2D eigenvalue weighted by Crippen LogP contribution is -2.24. The smallest absolute Gasteiger partial charge is 0.307 e. The summed E-state index contributed by atoms with van der Waals surface area (Å²) in [6.07, 6.45) is 1.47. The molecule has 8 N–H and O–H groups in total. The number of carbonyl (C=O) groups is 1. The maximum absolute atomic E-state index is 10.8. The normalized spacial score (nSPS) is 15.0. The Balaban J connectivity index is 2.12. The molecule has 0 atom stereocenters. The van der Waals surface area contributed by atoms with Crippen LogP contribution in [-0.2, 0) is 11.2 Å². The Morgan fingerprint density at radius 3 is 2.72 bits per heavy atom. The molecular weight excluding hydrogens is 322 g/mol. The van der Waals surface area contributed by atoms with E-state index in [1.54, 1.807) is 18.2 Å². The number of anilines is 1. The summed E-state index contributed by atoms with van der Waals surface area (Å²) in [5.74, 6) is -0.655. The van der Waals surface area contributed by atoms with E-state index in [1.807, 2.05) is 6.07 Å². The Bertz CT molecular complexity index is 818. The quantitative estimate of drug-likeness (QED) is 0.494. The van der Waals surface area contributed by atoms with Crippen LogP contribution in [0, 0.1) is 0 Å². The minimum Gasteiger partial charge on any atom is -0.481 e. The highest BCUT2D eigenvalue weighted by atomic mass is 16.4. The molecule has 9 nitrogen and oxygen atoms in total. The molecule has 0 aromatic heterocycles. The molecule has 1 aliphatic heterocycles. The minimum atomic E-state index is -0.887. The van der Waals surface area contributed by atoms with E-state index in [-0.39, 0.29) is 29.6 Å². The Labute approximate surface area is 144 Å². The van der Waals surface area contributed by atoms with Crippen LogP contribution in [0.1, 0.15) is 5.56 Å². The summed E-state index contributed by atoms with van der Waals surface area (Å²) in [6, 6.07) is 7.11. The van der Waals surface area contributed by atoms with E-state index in [2.05, 4.69) is 26.9 Å². The van der Waals surface area contributed by atoms with E-state index in [0.29, 0.717) is 17.8 Å². The second kappa shape index (κ2) is 7.77. The van der Waals surface area contributed by atoms with Gasteiger partial charge in [-0.05, 0) is 17.7 Å². The lowest BCUT2D eigenvalue weighted by molar-refractivity contribution is -0.136. The third-order valence-electron chi connectivity index (χ3n) is 3.08. The van der Waals surface area contributed by atoms with Crippen LogP contribution in [0.25, 0.3) is 0 Å². The second-order valence-corrected chi connectivity index (χ2v) is 5.22. The van der Waals surface area contributed by atoms with Gasteiger partial charge >= 0.3 is 5.97 Å². The summed E-state index contributed by atoms with van der Waals surface area (Å²) in [6.45, 7) is 3.82. The zero-order chi connectivity index (χ0) is 18.4. The van der Waals surface area contributed by atoms with E-state index in [1.165, 1.54) is 6.21 Å². The molecule has 0 radical (unpaired) electrons. The summed E-state index contributed by atoms with van der Waals surface area (Å²) in [5, 5.41) is 12.0. The Kier molecular flexibility index (Phi) is 5.51. The van der Waals surface area contributed by atoms with Crippen LogP contribution in [0.2, 0.25) is 0 Å². The number of nitrogens with zero attached hydrogens (tertiary/aromatic N) is 3. The molecule has 2 rings (SSSR count). The monoisotopic (exact) mass is 341 g/mol. The fraction of sp³-hybridized carbons (Fsp3) is 0.125. The lowest BCUT2D eigenvalue weighted by Gasteiger charge is -2.13. The van der Waals surface area contributed by atoms with Crippen LogP contribution in [-0.4, -0.2) is 35.4 Å². The van der Waals surface area contributed by atoms with E-state index in [9.17, 15) is 4.79 Å². The standard InChI is InChI=1S/C16H19N7O2/c1-9(17)22-16-14(15(18)19)23-12(8-21-16)7-20-11-4-2-3-10(5-11)6-13(24)25/h2-5,8,20H,1,6-7,17-19H2,(H,24,25)/b22-16+. The summed E-state index contributed by atoms with van der Waals surface area (Å²) in [4.78, 5) is 23.2. The van der Waals surface area contributed by atoms with Gasteiger partial charge in [-0.25, -0.2) is 15.0 Å². The van der Waals surface area contributed by atoms with Crippen molar-refractivity contribution < 1.29 is 9.90 Å². The number of nitrogens with one attached hydrogen (secondary N) is 1. The molecule has 0 fully saturated rings. The first-order chi connectivity index (χ1) is 11.8. The highest BCUT2D eigenvalue weighted by Crippen LogP contribution is 2.13. The van der Waals surface area contributed by atoms with Crippen LogP contribution in [0.3, 0.4) is 0 Å². The number of aliphatic carboxylic acids is 1. The van der Waals surface area contributed by atoms with Gasteiger partial charge in [-0.15, -0.1) is 0 Å². The molecule has 0 saturated carbocycles. The second-order valence-electron chi connectivity index (χ2n) is 5.22. The summed E-state index contributed by atoms with van der Waals surface area (Å²) in [5.41, 5.74) is 18.9. The first-order valence-corrected chi connectivity index (χ1v) is 7.30. The topological polar surface area (TPSA) is 164 Å². The number of hydrogen-bond donors (Lipinski definition) is 5. The van der Waals surface area contributed by atoms with Crippen molar-refractivity contribution in [1.82, 2.24) is 0 Å². The predicted octanol–water partition coefficient (Wildman–Crippen LogP) is 0.166. The first kappa shape index (κ1) is 17.7. The highest BCUT2D eigenvalue weighted by Gasteiger charge is 2.15. The van der Waals surface area contributed by atoms with Gasteiger partial charge in [0.25, 0.3) is 0 Å². The number of rotatable bonds is 6. The Hall–Kier alpha value is -3.62. The molecule has 130 valence electrons. The third kappa shape index (κ3) is 5.20. The van der Waals surface area contributed by atoms with Crippen LogP contribution in [0.15, 0.2) is 63.2 Å². The maximum Gasteiger partial charge on any atom is 0.307 e. The molecule has 0 aliphatic carbocycles. The van der Waals surface area contributed by atoms with Gasteiger partial charge in [0.05, 0.1) is 24.9 Å².